The van der Waals surface area contributed by atoms with Crippen molar-refractivity contribution in [2.24, 2.45) is 0 Å². The number of nitrogens with one attached hydrogen (secondary N) is 1. The van der Waals surface area contributed by atoms with Crippen molar-refractivity contribution in [3.05, 3.63) is 41.4 Å². The third kappa shape index (κ3) is 5.51. The van der Waals surface area contributed by atoms with E-state index in [4.69, 9.17) is 5.41 Å². The molecule has 0 saturated heterocycles. The Balaban J connectivity index is 1.73. The van der Waals surface area contributed by atoms with E-state index in [0.29, 0.717) is 5.36 Å². The van der Waals surface area contributed by atoms with Gasteiger partial charge in [-0.3, -0.25) is 0 Å². The number of benzene rings is 1. The van der Waals surface area contributed by atoms with Gasteiger partial charge in [0, 0.05) is 17.6 Å². The van der Waals surface area contributed by atoms with E-state index in [2.05, 4.69) is 36.6 Å². The predicted molar refractivity (Wildman–Crippen MR) is 104 cm³/mol. The standard InChI is InChI=1S/C22H34N2/c1-3-4-5-6-7-8-9-10-11-14-17-24-19(2)18-21(23)20-15-12-13-16-22(20)24/h12-13,15-16,18,23H,3-11,14,17H2,1-2H3. The summed E-state index contributed by atoms with van der Waals surface area (Å²) in [6.45, 7) is 5.48. The van der Waals surface area contributed by atoms with Crippen molar-refractivity contribution < 1.29 is 0 Å². The van der Waals surface area contributed by atoms with Gasteiger partial charge in [0.1, 0.15) is 0 Å². The van der Waals surface area contributed by atoms with Gasteiger partial charge < -0.3 is 9.98 Å². The Morgan fingerprint density at radius 2 is 1.42 bits per heavy atom. The molecule has 0 spiro atoms. The maximum absolute atomic E-state index is 8.14. The Morgan fingerprint density at radius 1 is 0.833 bits per heavy atom. The molecule has 1 heterocycles. The molecule has 0 atom stereocenters. The van der Waals surface area contributed by atoms with Crippen LogP contribution in [0.2, 0.25) is 0 Å². The van der Waals surface area contributed by atoms with Crippen molar-refractivity contribution in [1.82, 2.24) is 4.57 Å². The SMILES string of the molecule is CCCCCCCCCCCCn1c(C)cc(=N)c2ccccc21. The lowest BCUT2D eigenvalue weighted by molar-refractivity contribution is 0.535. The molecule has 1 aromatic heterocycles. The summed E-state index contributed by atoms with van der Waals surface area (Å²) in [5.41, 5.74) is 2.41. The van der Waals surface area contributed by atoms with Crippen LogP contribution in [0.25, 0.3) is 10.9 Å². The summed E-state index contributed by atoms with van der Waals surface area (Å²) in [7, 11) is 0. The van der Waals surface area contributed by atoms with Crippen LogP contribution < -0.4 is 5.36 Å². The number of para-hydroxylation sites is 1. The van der Waals surface area contributed by atoms with E-state index in [-0.39, 0.29) is 0 Å². The maximum Gasteiger partial charge on any atom is 0.0650 e. The molecule has 0 aliphatic rings. The van der Waals surface area contributed by atoms with E-state index in [0.717, 1.165) is 11.9 Å². The number of nitrogens with zero attached hydrogens (tertiary/aromatic N) is 1. The largest absolute Gasteiger partial charge is 0.345 e. The topological polar surface area (TPSA) is 28.8 Å². The highest BCUT2D eigenvalue weighted by Gasteiger charge is 2.04. The molecule has 2 heteroatoms. The quantitative estimate of drug-likeness (QED) is 0.466. The highest BCUT2D eigenvalue weighted by atomic mass is 15.0. The number of pyridine rings is 1. The minimum absolute atomic E-state index is 0.641. The van der Waals surface area contributed by atoms with Crippen molar-refractivity contribution in [2.75, 3.05) is 0 Å². The average Bonchev–Trinajstić information content (AvgIpc) is 2.59. The van der Waals surface area contributed by atoms with Gasteiger partial charge in [-0.1, -0.05) is 82.9 Å². The van der Waals surface area contributed by atoms with Gasteiger partial charge in [-0.25, -0.2) is 0 Å². The first-order valence-corrected chi connectivity index (χ1v) is 9.88. The van der Waals surface area contributed by atoms with E-state index >= 15 is 0 Å². The highest BCUT2D eigenvalue weighted by Crippen LogP contribution is 2.15. The molecule has 0 fully saturated rings. The number of hydrogen-bond donors (Lipinski definition) is 1. The van der Waals surface area contributed by atoms with Crippen LogP contribution in [0.3, 0.4) is 0 Å². The zero-order valence-corrected chi connectivity index (χ0v) is 15.6. The van der Waals surface area contributed by atoms with Crippen LogP contribution in [0.1, 0.15) is 76.8 Å². The Bertz CT molecular complexity index is 669. The monoisotopic (exact) mass is 326 g/mol. The Kier molecular flexibility index (Phi) is 8.07. The van der Waals surface area contributed by atoms with Gasteiger partial charge in [0.15, 0.2) is 0 Å². The van der Waals surface area contributed by atoms with Crippen molar-refractivity contribution in [1.29, 1.82) is 5.41 Å². The number of hydrogen-bond acceptors (Lipinski definition) is 1. The second-order valence-electron chi connectivity index (χ2n) is 7.05. The summed E-state index contributed by atoms with van der Waals surface area (Å²) in [6, 6.07) is 10.3. The molecule has 1 aromatic carbocycles. The maximum atomic E-state index is 8.14. The molecule has 0 unspecified atom stereocenters. The van der Waals surface area contributed by atoms with Crippen LogP contribution in [-0.2, 0) is 6.54 Å². The van der Waals surface area contributed by atoms with Crippen LogP contribution in [0, 0.1) is 12.3 Å². The van der Waals surface area contributed by atoms with Gasteiger partial charge in [0.25, 0.3) is 0 Å². The fourth-order valence-corrected chi connectivity index (χ4v) is 3.55. The van der Waals surface area contributed by atoms with E-state index < -0.39 is 0 Å². The van der Waals surface area contributed by atoms with Gasteiger partial charge in [-0.05, 0) is 25.5 Å². The third-order valence-corrected chi connectivity index (χ3v) is 5.00. The van der Waals surface area contributed by atoms with E-state index in [1.807, 2.05) is 12.1 Å². The summed E-state index contributed by atoms with van der Waals surface area (Å²) in [4.78, 5) is 0. The smallest absolute Gasteiger partial charge is 0.0650 e. The lowest BCUT2D eigenvalue weighted by Gasteiger charge is -2.15. The fourth-order valence-electron chi connectivity index (χ4n) is 3.55. The van der Waals surface area contributed by atoms with Crippen molar-refractivity contribution in [2.45, 2.75) is 84.6 Å². The summed E-state index contributed by atoms with van der Waals surface area (Å²) < 4.78 is 2.39. The molecular formula is C22H34N2. The Hall–Kier alpha value is -1.57. The molecule has 1 N–H and O–H groups in total. The number of unbranched alkanes of at least 4 members (excludes halogenated alkanes) is 9. The molecule has 0 aliphatic carbocycles. The molecule has 0 amide bonds. The summed E-state index contributed by atoms with van der Waals surface area (Å²) >= 11 is 0. The first-order chi connectivity index (χ1) is 11.7. The zero-order valence-electron chi connectivity index (χ0n) is 15.6. The van der Waals surface area contributed by atoms with Crippen molar-refractivity contribution in [3.8, 4) is 0 Å². The summed E-state index contributed by atoms with van der Waals surface area (Å²) in [5.74, 6) is 0. The molecule has 0 saturated carbocycles. The zero-order chi connectivity index (χ0) is 17.2. The first-order valence-electron chi connectivity index (χ1n) is 9.88. The lowest BCUT2D eigenvalue weighted by atomic mass is 10.1. The second kappa shape index (κ2) is 10.3. The highest BCUT2D eigenvalue weighted by molar-refractivity contribution is 5.78. The molecule has 132 valence electrons. The van der Waals surface area contributed by atoms with E-state index in [1.54, 1.807) is 0 Å². The van der Waals surface area contributed by atoms with Gasteiger partial charge >= 0.3 is 0 Å². The minimum atomic E-state index is 0.641. The third-order valence-electron chi connectivity index (χ3n) is 5.00. The van der Waals surface area contributed by atoms with Crippen LogP contribution in [-0.4, -0.2) is 4.57 Å². The fraction of sp³-hybridized carbons (Fsp3) is 0.591. The predicted octanol–water partition coefficient (Wildman–Crippen LogP) is 6.35. The van der Waals surface area contributed by atoms with E-state index in [1.165, 1.54) is 75.4 Å². The van der Waals surface area contributed by atoms with Crippen LogP contribution in [0.5, 0.6) is 0 Å². The first kappa shape index (κ1) is 18.8. The Morgan fingerprint density at radius 3 is 2.08 bits per heavy atom. The molecule has 0 radical (unpaired) electrons. The van der Waals surface area contributed by atoms with Crippen molar-refractivity contribution in [3.63, 3.8) is 0 Å². The van der Waals surface area contributed by atoms with Crippen LogP contribution in [0.4, 0.5) is 0 Å². The minimum Gasteiger partial charge on any atom is -0.345 e. The van der Waals surface area contributed by atoms with Gasteiger partial charge in [-0.15, -0.1) is 0 Å². The molecular weight excluding hydrogens is 292 g/mol. The normalized spacial score (nSPS) is 11.2. The van der Waals surface area contributed by atoms with Crippen LogP contribution in [0.15, 0.2) is 30.3 Å². The van der Waals surface area contributed by atoms with Gasteiger partial charge in [0.2, 0.25) is 0 Å². The summed E-state index contributed by atoms with van der Waals surface area (Å²) in [6.07, 6.45) is 13.7. The van der Waals surface area contributed by atoms with Crippen LogP contribution >= 0.6 is 0 Å². The second-order valence-corrected chi connectivity index (χ2v) is 7.05. The Labute approximate surface area is 147 Å². The molecule has 24 heavy (non-hydrogen) atoms. The number of rotatable bonds is 11. The molecule has 2 nitrogen and oxygen atoms in total. The number of fused-ring (bicyclic) bond motifs is 1. The average molecular weight is 327 g/mol. The number of aryl methyl sites for hydroxylation is 2. The van der Waals surface area contributed by atoms with Gasteiger partial charge in [-0.2, -0.15) is 0 Å². The number of aromatic nitrogens is 1. The summed E-state index contributed by atoms with van der Waals surface area (Å²) in [5, 5.41) is 9.84. The van der Waals surface area contributed by atoms with Crippen molar-refractivity contribution >= 4 is 10.9 Å². The molecule has 2 aromatic rings. The molecule has 2 rings (SSSR count). The lowest BCUT2D eigenvalue weighted by Crippen LogP contribution is -2.12. The van der Waals surface area contributed by atoms with E-state index in [9.17, 15) is 0 Å². The molecule has 0 aliphatic heterocycles. The van der Waals surface area contributed by atoms with Gasteiger partial charge in [0.05, 0.1) is 10.9 Å². The molecule has 0 bridgehead atoms.